The lowest BCUT2D eigenvalue weighted by atomic mass is 10.2. The zero-order valence-electron chi connectivity index (χ0n) is 9.99. The molecule has 0 atom stereocenters. The van der Waals surface area contributed by atoms with Gasteiger partial charge in [-0.1, -0.05) is 0 Å². The molecule has 0 unspecified atom stereocenters. The van der Waals surface area contributed by atoms with E-state index in [1.54, 1.807) is 12.4 Å². The van der Waals surface area contributed by atoms with Gasteiger partial charge in [-0.2, -0.15) is 0 Å². The second kappa shape index (κ2) is 4.03. The largest absolute Gasteiger partial charge is 0.399 e. The molecule has 18 heavy (non-hydrogen) atoms. The van der Waals surface area contributed by atoms with Crippen LogP contribution in [0.4, 0.5) is 5.69 Å². The number of anilines is 1. The third kappa shape index (κ3) is 1.66. The molecule has 0 fully saturated rings. The summed E-state index contributed by atoms with van der Waals surface area (Å²) in [4.78, 5) is 8.71. The molecule has 0 amide bonds. The molecule has 0 radical (unpaired) electrons. The third-order valence-corrected chi connectivity index (χ3v) is 2.82. The van der Waals surface area contributed by atoms with Crippen LogP contribution in [0, 0.1) is 0 Å². The zero-order chi connectivity index (χ0) is 12.5. The van der Waals surface area contributed by atoms with Gasteiger partial charge in [-0.05, 0) is 24.3 Å². The minimum absolute atomic E-state index is 0.744. The van der Waals surface area contributed by atoms with Crippen LogP contribution in [0.2, 0.25) is 0 Å². The molecule has 2 N–H and O–H groups in total. The van der Waals surface area contributed by atoms with Gasteiger partial charge >= 0.3 is 0 Å². The molecule has 0 aliphatic carbocycles. The zero-order valence-corrected chi connectivity index (χ0v) is 9.99. The minimum atomic E-state index is 0.744. The van der Waals surface area contributed by atoms with Crippen LogP contribution >= 0.6 is 0 Å². The van der Waals surface area contributed by atoms with E-state index in [2.05, 4.69) is 9.97 Å². The molecule has 0 aliphatic rings. The molecule has 0 bridgehead atoms. The van der Waals surface area contributed by atoms with E-state index in [0.717, 1.165) is 23.0 Å². The lowest BCUT2D eigenvalue weighted by Gasteiger charge is -2.07. The Balaban J connectivity index is 2.12. The van der Waals surface area contributed by atoms with Crippen molar-refractivity contribution in [2.45, 2.75) is 0 Å². The maximum Gasteiger partial charge on any atom is 0.215 e. The van der Waals surface area contributed by atoms with Crippen LogP contribution in [0.1, 0.15) is 0 Å². The summed E-state index contributed by atoms with van der Waals surface area (Å²) < 4.78 is 3.90. The van der Waals surface area contributed by atoms with Crippen molar-refractivity contribution in [1.29, 1.82) is 0 Å². The Morgan fingerprint density at radius 1 is 1.00 bits per heavy atom. The van der Waals surface area contributed by atoms with E-state index in [0.29, 0.717) is 0 Å². The number of nitrogens with zero attached hydrogens (tertiary/aromatic N) is 4. The highest BCUT2D eigenvalue weighted by molar-refractivity contribution is 5.60. The van der Waals surface area contributed by atoms with Gasteiger partial charge in [0.15, 0.2) is 0 Å². The van der Waals surface area contributed by atoms with Crippen LogP contribution in [-0.4, -0.2) is 19.1 Å². The number of benzene rings is 1. The molecule has 0 saturated heterocycles. The van der Waals surface area contributed by atoms with Crippen molar-refractivity contribution in [2.75, 3.05) is 5.73 Å². The Morgan fingerprint density at radius 2 is 1.72 bits per heavy atom. The summed E-state index contributed by atoms with van der Waals surface area (Å²) in [6.07, 6.45) is 7.33. The molecule has 0 saturated carbocycles. The predicted octanol–water partition coefficient (Wildman–Crippen LogP) is 1.85. The highest BCUT2D eigenvalue weighted by atomic mass is 15.2. The third-order valence-electron chi connectivity index (χ3n) is 2.82. The van der Waals surface area contributed by atoms with Gasteiger partial charge in [-0.3, -0.25) is 4.57 Å². The van der Waals surface area contributed by atoms with Gasteiger partial charge in [0, 0.05) is 43.1 Å². The number of rotatable bonds is 2. The number of hydrogen-bond acceptors (Lipinski definition) is 3. The van der Waals surface area contributed by atoms with Crippen LogP contribution in [0.15, 0.2) is 49.1 Å². The van der Waals surface area contributed by atoms with Crippen LogP contribution in [0.3, 0.4) is 0 Å². The van der Waals surface area contributed by atoms with Gasteiger partial charge in [-0.15, -0.1) is 0 Å². The quantitative estimate of drug-likeness (QED) is 0.694. The summed E-state index contributed by atoms with van der Waals surface area (Å²) in [6.45, 7) is 0. The van der Waals surface area contributed by atoms with E-state index in [1.165, 1.54) is 0 Å². The molecule has 2 aromatic heterocycles. The number of imidazole rings is 2. The standard InChI is InChI=1S/C13H13N5/c1-17-8-6-16-13(17)18-9-7-15-12(18)10-2-4-11(14)5-3-10/h2-9H,14H2,1H3. The number of aryl methyl sites for hydroxylation is 1. The van der Waals surface area contributed by atoms with Crippen LogP contribution in [-0.2, 0) is 7.05 Å². The SMILES string of the molecule is Cn1ccnc1-n1ccnc1-c1ccc(N)cc1. The van der Waals surface area contributed by atoms with Crippen molar-refractivity contribution in [3.05, 3.63) is 49.1 Å². The molecule has 5 heteroatoms. The average Bonchev–Trinajstić information content (AvgIpc) is 2.98. The summed E-state index contributed by atoms with van der Waals surface area (Å²) in [5, 5.41) is 0. The van der Waals surface area contributed by atoms with Crippen LogP contribution in [0.25, 0.3) is 17.3 Å². The van der Waals surface area contributed by atoms with Gasteiger partial charge < -0.3 is 10.3 Å². The van der Waals surface area contributed by atoms with E-state index in [4.69, 9.17) is 5.73 Å². The van der Waals surface area contributed by atoms with Gasteiger partial charge in [0.2, 0.25) is 5.95 Å². The Hall–Kier alpha value is -2.56. The first-order valence-corrected chi connectivity index (χ1v) is 5.62. The fourth-order valence-electron chi connectivity index (χ4n) is 1.90. The molecule has 3 aromatic rings. The van der Waals surface area contributed by atoms with Crippen molar-refractivity contribution in [3.8, 4) is 17.3 Å². The first-order valence-electron chi connectivity index (χ1n) is 5.62. The van der Waals surface area contributed by atoms with Gasteiger partial charge in [0.05, 0.1) is 0 Å². The molecular formula is C13H13N5. The fraction of sp³-hybridized carbons (Fsp3) is 0.0769. The number of hydrogen-bond donors (Lipinski definition) is 1. The van der Waals surface area contributed by atoms with Crippen molar-refractivity contribution >= 4 is 5.69 Å². The maximum absolute atomic E-state index is 5.69. The van der Waals surface area contributed by atoms with Crippen molar-refractivity contribution in [3.63, 3.8) is 0 Å². The Labute approximate surface area is 105 Å². The smallest absolute Gasteiger partial charge is 0.215 e. The van der Waals surface area contributed by atoms with Crippen molar-refractivity contribution in [1.82, 2.24) is 19.1 Å². The summed E-state index contributed by atoms with van der Waals surface area (Å²) in [5.74, 6) is 1.68. The first kappa shape index (κ1) is 10.6. The van der Waals surface area contributed by atoms with E-state index >= 15 is 0 Å². The maximum atomic E-state index is 5.69. The van der Waals surface area contributed by atoms with E-state index in [1.807, 2.05) is 52.8 Å². The fourth-order valence-corrected chi connectivity index (χ4v) is 1.90. The van der Waals surface area contributed by atoms with Crippen molar-refractivity contribution in [2.24, 2.45) is 7.05 Å². The monoisotopic (exact) mass is 239 g/mol. The molecule has 2 heterocycles. The lowest BCUT2D eigenvalue weighted by molar-refractivity contribution is 0.822. The van der Waals surface area contributed by atoms with E-state index in [-0.39, 0.29) is 0 Å². The Kier molecular flexibility index (Phi) is 2.37. The second-order valence-corrected chi connectivity index (χ2v) is 4.08. The normalized spacial score (nSPS) is 10.7. The average molecular weight is 239 g/mol. The molecule has 1 aromatic carbocycles. The highest BCUT2D eigenvalue weighted by Crippen LogP contribution is 2.21. The molecule has 5 nitrogen and oxygen atoms in total. The van der Waals surface area contributed by atoms with Gasteiger partial charge in [0.1, 0.15) is 5.82 Å². The van der Waals surface area contributed by atoms with E-state index < -0.39 is 0 Å². The molecular weight excluding hydrogens is 226 g/mol. The summed E-state index contributed by atoms with van der Waals surface area (Å²) in [6, 6.07) is 7.65. The number of nitrogens with two attached hydrogens (primary N) is 1. The minimum Gasteiger partial charge on any atom is -0.399 e. The van der Waals surface area contributed by atoms with Crippen LogP contribution < -0.4 is 5.73 Å². The summed E-state index contributed by atoms with van der Waals surface area (Å²) in [7, 11) is 1.95. The Bertz CT molecular complexity index is 663. The number of nitrogen functional groups attached to an aromatic ring is 1. The highest BCUT2D eigenvalue weighted by Gasteiger charge is 2.10. The van der Waals surface area contributed by atoms with Gasteiger partial charge in [0.25, 0.3) is 0 Å². The summed E-state index contributed by atoms with van der Waals surface area (Å²) in [5.41, 5.74) is 7.45. The number of aromatic nitrogens is 4. The Morgan fingerprint density at radius 3 is 2.39 bits per heavy atom. The van der Waals surface area contributed by atoms with Gasteiger partial charge in [-0.25, -0.2) is 9.97 Å². The molecule has 90 valence electrons. The second-order valence-electron chi connectivity index (χ2n) is 4.08. The topological polar surface area (TPSA) is 61.7 Å². The lowest BCUT2D eigenvalue weighted by Crippen LogP contribution is -2.03. The first-order chi connectivity index (χ1) is 8.75. The summed E-state index contributed by atoms with van der Waals surface area (Å²) >= 11 is 0. The predicted molar refractivity (Wildman–Crippen MR) is 70.2 cm³/mol. The van der Waals surface area contributed by atoms with Crippen molar-refractivity contribution < 1.29 is 0 Å². The molecule has 3 rings (SSSR count). The van der Waals surface area contributed by atoms with E-state index in [9.17, 15) is 0 Å². The molecule has 0 aliphatic heterocycles. The van der Waals surface area contributed by atoms with Crippen LogP contribution in [0.5, 0.6) is 0 Å². The molecule has 0 spiro atoms.